The third-order valence-corrected chi connectivity index (χ3v) is 4.06. The largest absolute Gasteiger partial charge is 0.381 e. The quantitative estimate of drug-likeness (QED) is 0.645. The van der Waals surface area contributed by atoms with Crippen LogP contribution in [0.2, 0.25) is 0 Å². The van der Waals surface area contributed by atoms with Crippen molar-refractivity contribution in [2.75, 3.05) is 39.9 Å². The maximum absolute atomic E-state index is 13.6. The van der Waals surface area contributed by atoms with E-state index in [0.717, 1.165) is 44.8 Å². The molecule has 1 aromatic rings. The molecule has 23 heavy (non-hydrogen) atoms. The van der Waals surface area contributed by atoms with Gasteiger partial charge in [-0.05, 0) is 31.4 Å². The van der Waals surface area contributed by atoms with Gasteiger partial charge in [0.05, 0.1) is 6.61 Å². The van der Waals surface area contributed by atoms with Crippen LogP contribution in [-0.4, -0.2) is 50.8 Å². The Bertz CT molecular complexity index is 537. The van der Waals surface area contributed by atoms with E-state index in [1.807, 2.05) is 6.92 Å². The van der Waals surface area contributed by atoms with Crippen molar-refractivity contribution in [1.82, 2.24) is 10.2 Å². The van der Waals surface area contributed by atoms with Gasteiger partial charge in [0.2, 0.25) is 0 Å². The number of aliphatic imine (C=N–C) groups is 1. The van der Waals surface area contributed by atoms with Gasteiger partial charge >= 0.3 is 0 Å². The first kappa shape index (κ1) is 17.7. The minimum Gasteiger partial charge on any atom is -0.381 e. The second-order valence-electron chi connectivity index (χ2n) is 5.70. The summed E-state index contributed by atoms with van der Waals surface area (Å²) in [5, 5.41) is 3.23. The van der Waals surface area contributed by atoms with Crippen molar-refractivity contribution in [3.8, 4) is 0 Å². The van der Waals surface area contributed by atoms with Crippen molar-refractivity contribution in [2.45, 2.75) is 19.8 Å². The number of likely N-dealkylation sites (tertiary alicyclic amines) is 1. The maximum atomic E-state index is 13.6. The molecule has 0 saturated carbocycles. The number of hydrogen-bond acceptors (Lipinski definition) is 2. The monoisotopic (exact) mass is 325 g/mol. The lowest BCUT2D eigenvalue weighted by Crippen LogP contribution is -2.41. The molecule has 1 heterocycles. The highest BCUT2D eigenvalue weighted by Gasteiger charge is 2.24. The van der Waals surface area contributed by atoms with E-state index < -0.39 is 11.6 Å². The van der Waals surface area contributed by atoms with Crippen molar-refractivity contribution in [1.29, 1.82) is 0 Å². The Morgan fingerprint density at radius 3 is 3.00 bits per heavy atom. The van der Waals surface area contributed by atoms with Crippen molar-refractivity contribution in [2.24, 2.45) is 10.9 Å². The molecule has 1 saturated heterocycles. The number of halogens is 2. The standard InChI is InChI=1S/C17H25F2N3O/c1-3-23-12-13-8-10-22(11-13)17(20-2)21-9-7-14-5-4-6-15(18)16(14)19/h4-6,13H,3,7-12H2,1-2H3,(H,20,21). The van der Waals surface area contributed by atoms with E-state index in [1.54, 1.807) is 13.1 Å². The number of nitrogens with zero attached hydrogens (tertiary/aromatic N) is 2. The molecule has 0 aliphatic carbocycles. The predicted octanol–water partition coefficient (Wildman–Crippen LogP) is 2.44. The summed E-state index contributed by atoms with van der Waals surface area (Å²) in [6.45, 7) is 5.87. The number of benzene rings is 1. The molecule has 1 fully saturated rings. The lowest BCUT2D eigenvalue weighted by Gasteiger charge is -2.21. The highest BCUT2D eigenvalue weighted by atomic mass is 19.2. The minimum atomic E-state index is -0.801. The third-order valence-electron chi connectivity index (χ3n) is 4.06. The first-order valence-corrected chi connectivity index (χ1v) is 8.12. The van der Waals surface area contributed by atoms with Crippen molar-refractivity contribution in [3.05, 3.63) is 35.4 Å². The normalized spacial score (nSPS) is 18.5. The van der Waals surface area contributed by atoms with Crippen LogP contribution in [0.25, 0.3) is 0 Å². The summed E-state index contributed by atoms with van der Waals surface area (Å²) in [5.74, 6) is -0.234. The van der Waals surface area contributed by atoms with E-state index in [9.17, 15) is 8.78 Å². The Balaban J connectivity index is 1.81. The van der Waals surface area contributed by atoms with Gasteiger partial charge in [-0.2, -0.15) is 0 Å². The lowest BCUT2D eigenvalue weighted by atomic mass is 10.1. The molecule has 2 rings (SSSR count). The van der Waals surface area contributed by atoms with E-state index >= 15 is 0 Å². The summed E-state index contributed by atoms with van der Waals surface area (Å²) in [4.78, 5) is 6.46. The second kappa shape index (κ2) is 8.82. The van der Waals surface area contributed by atoms with Gasteiger partial charge in [0.25, 0.3) is 0 Å². The van der Waals surface area contributed by atoms with E-state index in [1.165, 1.54) is 6.07 Å². The fourth-order valence-corrected chi connectivity index (χ4v) is 2.83. The Labute approximate surface area is 136 Å². The molecule has 0 amide bonds. The molecular formula is C17H25F2N3O. The highest BCUT2D eigenvalue weighted by molar-refractivity contribution is 5.80. The smallest absolute Gasteiger partial charge is 0.193 e. The summed E-state index contributed by atoms with van der Waals surface area (Å²) < 4.78 is 32.3. The summed E-state index contributed by atoms with van der Waals surface area (Å²) in [6, 6.07) is 4.27. The molecule has 1 atom stereocenters. The van der Waals surface area contributed by atoms with Gasteiger partial charge in [-0.1, -0.05) is 12.1 Å². The summed E-state index contributed by atoms with van der Waals surface area (Å²) >= 11 is 0. The molecule has 128 valence electrons. The Kier molecular flexibility index (Phi) is 6.77. The van der Waals surface area contributed by atoms with Crippen LogP contribution in [0.15, 0.2) is 23.2 Å². The number of hydrogen-bond donors (Lipinski definition) is 1. The first-order chi connectivity index (χ1) is 11.2. The van der Waals surface area contributed by atoms with Crippen LogP contribution >= 0.6 is 0 Å². The molecule has 4 nitrogen and oxygen atoms in total. The molecule has 1 aliphatic heterocycles. The second-order valence-corrected chi connectivity index (χ2v) is 5.70. The molecule has 1 N–H and O–H groups in total. The molecule has 6 heteroatoms. The van der Waals surface area contributed by atoms with Gasteiger partial charge in [-0.3, -0.25) is 4.99 Å². The zero-order valence-corrected chi connectivity index (χ0v) is 13.8. The SMILES string of the molecule is CCOCC1CCN(C(=NC)NCCc2cccc(F)c2F)C1. The summed E-state index contributed by atoms with van der Waals surface area (Å²) in [6.07, 6.45) is 1.50. The summed E-state index contributed by atoms with van der Waals surface area (Å²) in [5.41, 5.74) is 0.378. The van der Waals surface area contributed by atoms with E-state index in [-0.39, 0.29) is 0 Å². The Hall–Kier alpha value is -1.69. The average molecular weight is 325 g/mol. The Morgan fingerprint density at radius 1 is 1.43 bits per heavy atom. The molecule has 1 aromatic carbocycles. The fourth-order valence-electron chi connectivity index (χ4n) is 2.83. The zero-order chi connectivity index (χ0) is 16.7. The molecule has 0 aromatic heterocycles. The van der Waals surface area contributed by atoms with E-state index in [4.69, 9.17) is 4.74 Å². The van der Waals surface area contributed by atoms with Gasteiger partial charge < -0.3 is 15.0 Å². The molecule has 1 aliphatic rings. The van der Waals surface area contributed by atoms with Gasteiger partial charge in [0, 0.05) is 39.2 Å². The third kappa shape index (κ3) is 4.89. The lowest BCUT2D eigenvalue weighted by molar-refractivity contribution is 0.114. The van der Waals surface area contributed by atoms with Crippen LogP contribution < -0.4 is 5.32 Å². The van der Waals surface area contributed by atoms with Gasteiger partial charge in [-0.25, -0.2) is 8.78 Å². The molecule has 0 bridgehead atoms. The number of rotatable bonds is 6. The van der Waals surface area contributed by atoms with Crippen LogP contribution in [0, 0.1) is 17.6 Å². The average Bonchev–Trinajstić information content (AvgIpc) is 3.02. The number of ether oxygens (including phenoxy) is 1. The number of guanidine groups is 1. The van der Waals surface area contributed by atoms with E-state index in [0.29, 0.717) is 24.4 Å². The first-order valence-electron chi connectivity index (χ1n) is 8.12. The van der Waals surface area contributed by atoms with Crippen LogP contribution in [0.4, 0.5) is 8.78 Å². The van der Waals surface area contributed by atoms with Gasteiger partial charge in [-0.15, -0.1) is 0 Å². The van der Waals surface area contributed by atoms with Crippen LogP contribution in [-0.2, 0) is 11.2 Å². The van der Waals surface area contributed by atoms with Crippen LogP contribution in [0.1, 0.15) is 18.9 Å². The predicted molar refractivity (Wildman–Crippen MR) is 87.6 cm³/mol. The molecule has 1 unspecified atom stereocenters. The van der Waals surface area contributed by atoms with Crippen molar-refractivity contribution in [3.63, 3.8) is 0 Å². The summed E-state index contributed by atoms with van der Waals surface area (Å²) in [7, 11) is 1.74. The topological polar surface area (TPSA) is 36.9 Å². The van der Waals surface area contributed by atoms with E-state index in [2.05, 4.69) is 15.2 Å². The fraction of sp³-hybridized carbons (Fsp3) is 0.588. The van der Waals surface area contributed by atoms with Crippen LogP contribution in [0.5, 0.6) is 0 Å². The Morgan fingerprint density at radius 2 is 2.26 bits per heavy atom. The molecular weight excluding hydrogens is 300 g/mol. The molecule has 0 spiro atoms. The van der Waals surface area contributed by atoms with Gasteiger partial charge in [0.15, 0.2) is 17.6 Å². The van der Waals surface area contributed by atoms with Crippen molar-refractivity contribution < 1.29 is 13.5 Å². The van der Waals surface area contributed by atoms with Gasteiger partial charge in [0.1, 0.15) is 0 Å². The van der Waals surface area contributed by atoms with Crippen molar-refractivity contribution >= 4 is 5.96 Å². The maximum Gasteiger partial charge on any atom is 0.193 e. The molecule has 0 radical (unpaired) electrons. The number of nitrogens with one attached hydrogen (secondary N) is 1. The highest BCUT2D eigenvalue weighted by Crippen LogP contribution is 2.16. The van der Waals surface area contributed by atoms with Crippen LogP contribution in [0.3, 0.4) is 0 Å². The minimum absolute atomic E-state index is 0.378. The zero-order valence-electron chi connectivity index (χ0n) is 13.8.